The molecule has 1 aliphatic rings. The van der Waals surface area contributed by atoms with Crippen LogP contribution >= 0.6 is 0 Å². The number of anilines is 1. The fraction of sp³-hybridized carbons (Fsp3) is 0.233. The van der Waals surface area contributed by atoms with E-state index in [1.54, 1.807) is 54.6 Å². The van der Waals surface area contributed by atoms with Gasteiger partial charge in [0, 0.05) is 12.1 Å². The summed E-state index contributed by atoms with van der Waals surface area (Å²) in [6.07, 6.45) is 0. The van der Waals surface area contributed by atoms with Gasteiger partial charge >= 0.3 is 5.97 Å². The summed E-state index contributed by atoms with van der Waals surface area (Å²) in [6.45, 7) is 4.71. The molecule has 2 N–H and O–H groups in total. The van der Waals surface area contributed by atoms with Crippen molar-refractivity contribution in [2.75, 3.05) is 18.4 Å². The molecule has 0 saturated carbocycles. The van der Waals surface area contributed by atoms with Gasteiger partial charge in [-0.2, -0.15) is 0 Å². The number of likely N-dealkylation sites (tertiary alicyclic amines) is 1. The number of ether oxygens (including phenoxy) is 3. The zero-order valence-electron chi connectivity index (χ0n) is 23.8. The molecule has 4 rings (SSSR count). The Morgan fingerprint density at radius 2 is 1.70 bits per heavy atom. The summed E-state index contributed by atoms with van der Waals surface area (Å²) in [5, 5.41) is 12.3. The van der Waals surface area contributed by atoms with E-state index in [0.717, 1.165) is 4.90 Å². The number of rotatable bonds is 14. The van der Waals surface area contributed by atoms with E-state index >= 15 is 0 Å². The average molecular weight is 623 g/mol. The van der Waals surface area contributed by atoms with Crippen molar-refractivity contribution in [2.24, 2.45) is 0 Å². The third-order valence-corrected chi connectivity index (χ3v) is 7.91. The number of non-ortho nitro benzene ring substituents is 1. The number of nitro benzene ring substituents is 1. The number of nitrogens with one attached hydrogen (secondary N) is 2. The lowest BCUT2D eigenvalue weighted by Gasteiger charge is -2.48. The van der Waals surface area contributed by atoms with Crippen LogP contribution in [0.2, 0.25) is 0 Å². The van der Waals surface area contributed by atoms with Gasteiger partial charge in [-0.3, -0.25) is 24.6 Å². The van der Waals surface area contributed by atoms with Crippen LogP contribution in [0.4, 0.5) is 11.4 Å². The molecule has 1 fully saturated rings. The number of benzene rings is 3. The molecule has 0 spiro atoms. The van der Waals surface area contributed by atoms with Crippen molar-refractivity contribution in [3.8, 4) is 11.5 Å². The molecule has 1 heterocycles. The number of hydrogen-bond donors (Lipinski definition) is 2. The normalized spacial score (nSPS) is 17.0. The Morgan fingerprint density at radius 1 is 1.05 bits per heavy atom. The van der Waals surface area contributed by atoms with E-state index < -0.39 is 58.1 Å². The van der Waals surface area contributed by atoms with Gasteiger partial charge in [0.1, 0.15) is 18.1 Å². The monoisotopic (exact) mass is 622 g/mol. The minimum atomic E-state index is -2.03. The second kappa shape index (κ2) is 14.4. The lowest BCUT2D eigenvalue weighted by molar-refractivity contribution is -0.384. The van der Waals surface area contributed by atoms with Crippen LogP contribution in [-0.4, -0.2) is 63.3 Å². The molecular weight excluding hydrogens is 592 g/mol. The van der Waals surface area contributed by atoms with E-state index in [1.807, 2.05) is 0 Å². The molecule has 1 saturated heterocycles. The van der Waals surface area contributed by atoms with Crippen molar-refractivity contribution in [1.29, 1.82) is 0 Å². The topological polar surface area (TPSA) is 172 Å². The van der Waals surface area contributed by atoms with E-state index in [-0.39, 0.29) is 17.9 Å². The third-order valence-electron chi connectivity index (χ3n) is 6.53. The Morgan fingerprint density at radius 3 is 2.30 bits per heavy atom. The Balaban J connectivity index is 1.51. The highest BCUT2D eigenvalue weighted by Gasteiger charge is 2.60. The number of methoxy groups -OCH3 is 1. The molecule has 2 amide bonds. The van der Waals surface area contributed by atoms with Gasteiger partial charge in [-0.25, -0.2) is 9.52 Å². The lowest BCUT2D eigenvalue weighted by atomic mass is 9.99. The Bertz CT molecular complexity index is 1500. The number of amides is 2. The fourth-order valence-corrected chi connectivity index (χ4v) is 5.69. The molecule has 3 aromatic carbocycles. The minimum Gasteiger partial charge on any atom is -0.591 e. The average Bonchev–Trinajstić information content (AvgIpc) is 3.02. The third kappa shape index (κ3) is 7.65. The molecule has 0 aliphatic carbocycles. The molecule has 3 aromatic rings. The summed E-state index contributed by atoms with van der Waals surface area (Å²) >= 11 is -2.03. The summed E-state index contributed by atoms with van der Waals surface area (Å²) < 4.78 is 32.5. The maximum Gasteiger partial charge on any atom is 0.333 e. The Labute approximate surface area is 256 Å². The maximum atomic E-state index is 13.6. The molecule has 0 aromatic heterocycles. The molecule has 0 radical (unpaired) electrons. The standard InChI is InChI=1S/C30H30N4O9S/c1-19(2)27(30(37)43-17-20-9-13-22(14-10-20)34(38)39)33-28(36)26(31-25(35)18-42-24-7-5-4-6-8-24)29(33)44(40)32-21-11-15-23(41-3)16-12-21/h4-16,26-27,29,32H,1,17-18H2,2-3H3,(H,31,35). The van der Waals surface area contributed by atoms with Gasteiger partial charge in [-0.1, -0.05) is 24.8 Å². The van der Waals surface area contributed by atoms with Gasteiger partial charge in [-0.15, -0.1) is 0 Å². The van der Waals surface area contributed by atoms with E-state index in [0.29, 0.717) is 22.7 Å². The summed E-state index contributed by atoms with van der Waals surface area (Å²) in [5.41, 5.74) is 1.02. The molecule has 4 atom stereocenters. The molecule has 230 valence electrons. The van der Waals surface area contributed by atoms with Crippen molar-refractivity contribution in [1.82, 2.24) is 10.2 Å². The van der Waals surface area contributed by atoms with Crippen LogP contribution in [-0.2, 0) is 37.1 Å². The quantitative estimate of drug-likeness (QED) is 0.0679. The number of nitrogens with zero attached hydrogens (tertiary/aromatic N) is 2. The first kappa shape index (κ1) is 31.8. The van der Waals surface area contributed by atoms with Crippen molar-refractivity contribution in [2.45, 2.75) is 31.0 Å². The highest BCUT2D eigenvalue weighted by Crippen LogP contribution is 2.32. The first-order valence-corrected chi connectivity index (χ1v) is 14.5. The van der Waals surface area contributed by atoms with Gasteiger partial charge in [-0.05, 0) is 66.6 Å². The van der Waals surface area contributed by atoms with E-state index in [1.165, 1.54) is 38.3 Å². The molecular formula is C30H30N4O9S. The predicted molar refractivity (Wildman–Crippen MR) is 161 cm³/mol. The maximum absolute atomic E-state index is 13.6. The molecule has 14 heteroatoms. The van der Waals surface area contributed by atoms with Crippen LogP contribution in [0.15, 0.2) is 91.0 Å². The van der Waals surface area contributed by atoms with Crippen LogP contribution in [0.3, 0.4) is 0 Å². The van der Waals surface area contributed by atoms with Gasteiger partial charge < -0.3 is 24.1 Å². The molecule has 4 unspecified atom stereocenters. The lowest BCUT2D eigenvalue weighted by Crippen LogP contribution is -2.77. The van der Waals surface area contributed by atoms with Crippen molar-refractivity contribution >= 4 is 40.5 Å². The van der Waals surface area contributed by atoms with Crippen LogP contribution < -0.4 is 19.5 Å². The Hall–Kier alpha value is -5.08. The first-order valence-electron chi connectivity index (χ1n) is 13.2. The number of para-hydroxylation sites is 1. The highest BCUT2D eigenvalue weighted by atomic mass is 32.2. The van der Waals surface area contributed by atoms with Gasteiger partial charge in [0.15, 0.2) is 18.7 Å². The summed E-state index contributed by atoms with van der Waals surface area (Å²) in [6, 6.07) is 18.0. The largest absolute Gasteiger partial charge is 0.591 e. The molecule has 44 heavy (non-hydrogen) atoms. The molecule has 1 aliphatic heterocycles. The van der Waals surface area contributed by atoms with Crippen LogP contribution in [0.1, 0.15) is 12.5 Å². The summed E-state index contributed by atoms with van der Waals surface area (Å²) in [5.74, 6) is -1.14. The predicted octanol–water partition coefficient (Wildman–Crippen LogP) is 3.10. The summed E-state index contributed by atoms with van der Waals surface area (Å²) in [4.78, 5) is 50.9. The minimum absolute atomic E-state index is 0.122. The van der Waals surface area contributed by atoms with Gasteiger partial charge in [0.05, 0.1) is 29.1 Å². The van der Waals surface area contributed by atoms with E-state index in [2.05, 4.69) is 16.6 Å². The molecule has 13 nitrogen and oxygen atoms in total. The van der Waals surface area contributed by atoms with Gasteiger partial charge in [0.25, 0.3) is 17.5 Å². The zero-order valence-corrected chi connectivity index (χ0v) is 24.7. The number of nitro groups is 1. The van der Waals surface area contributed by atoms with Crippen molar-refractivity contribution in [3.63, 3.8) is 0 Å². The van der Waals surface area contributed by atoms with Crippen LogP contribution in [0.5, 0.6) is 11.5 Å². The van der Waals surface area contributed by atoms with Crippen LogP contribution in [0, 0.1) is 10.1 Å². The zero-order chi connectivity index (χ0) is 31.8. The van der Waals surface area contributed by atoms with Gasteiger partial charge in [0.2, 0.25) is 5.37 Å². The van der Waals surface area contributed by atoms with Crippen molar-refractivity contribution in [3.05, 3.63) is 107 Å². The molecule has 0 bridgehead atoms. The number of carbonyl (C=O) groups excluding carboxylic acids is 3. The fourth-order valence-electron chi connectivity index (χ4n) is 4.34. The second-order valence-electron chi connectivity index (χ2n) is 9.69. The summed E-state index contributed by atoms with van der Waals surface area (Å²) in [7, 11) is 1.51. The highest BCUT2D eigenvalue weighted by molar-refractivity contribution is 7.93. The number of carbonyl (C=O) groups is 3. The number of hydrogen-bond acceptors (Lipinski definition) is 10. The number of β-lactam (4-membered cyclic amide) rings is 1. The SMILES string of the molecule is C=C(C)C(C(=O)OCc1ccc([N+](=O)[O-])cc1)N1C(=O)C(NC(=O)COc2ccccc2)C1[S+]([O-])Nc1ccc(OC)cc1. The van der Waals surface area contributed by atoms with Crippen LogP contribution in [0.25, 0.3) is 0 Å². The Kier molecular flexibility index (Phi) is 10.4. The first-order chi connectivity index (χ1) is 21.1. The van der Waals surface area contributed by atoms with E-state index in [4.69, 9.17) is 14.2 Å². The smallest absolute Gasteiger partial charge is 0.333 e. The second-order valence-corrected chi connectivity index (χ2v) is 11.0. The van der Waals surface area contributed by atoms with E-state index in [9.17, 15) is 29.1 Å². The van der Waals surface area contributed by atoms with Crippen molar-refractivity contribution < 1.29 is 38.1 Å². The number of esters is 1.